The van der Waals surface area contributed by atoms with Crippen molar-refractivity contribution in [3.63, 3.8) is 0 Å². The van der Waals surface area contributed by atoms with Crippen LogP contribution in [0.15, 0.2) is 90.0 Å². The van der Waals surface area contributed by atoms with Gasteiger partial charge < -0.3 is 14.5 Å². The monoisotopic (exact) mass is 439 g/mol. The van der Waals surface area contributed by atoms with Crippen LogP contribution in [0, 0.1) is 10.1 Å². The number of nitro benzene ring substituents is 1. The normalized spacial score (nSPS) is 11.5. The van der Waals surface area contributed by atoms with Gasteiger partial charge in [0.05, 0.1) is 16.0 Å². The minimum absolute atomic E-state index is 0.109. The van der Waals surface area contributed by atoms with E-state index in [1.54, 1.807) is 36.5 Å². The van der Waals surface area contributed by atoms with Crippen LogP contribution < -0.4 is 14.9 Å². The first-order chi connectivity index (χ1) is 16.1. The van der Waals surface area contributed by atoms with Crippen molar-refractivity contribution in [2.75, 3.05) is 0 Å². The Balaban J connectivity index is 0.000000238. The van der Waals surface area contributed by atoms with E-state index < -0.39 is 4.92 Å². The zero-order valence-electron chi connectivity index (χ0n) is 17.2. The van der Waals surface area contributed by atoms with Gasteiger partial charge in [-0.25, -0.2) is 0 Å². The van der Waals surface area contributed by atoms with Gasteiger partial charge in [0.25, 0.3) is 0 Å². The number of aromatic amines is 1. The van der Waals surface area contributed by atoms with E-state index in [4.69, 9.17) is 9.47 Å². The molecular formula is C25H17N3O5. The predicted molar refractivity (Wildman–Crippen MR) is 124 cm³/mol. The van der Waals surface area contributed by atoms with Gasteiger partial charge in [-0.2, -0.15) is 0 Å². The Kier molecular flexibility index (Phi) is 5.16. The van der Waals surface area contributed by atoms with Crippen molar-refractivity contribution < 1.29 is 14.4 Å². The van der Waals surface area contributed by atoms with Crippen LogP contribution in [0.2, 0.25) is 0 Å². The zero-order chi connectivity index (χ0) is 22.8. The Hall–Kier alpha value is -4.72. The number of ether oxygens (including phenoxy) is 2. The molecule has 1 aliphatic heterocycles. The minimum atomic E-state index is -0.494. The maximum absolute atomic E-state index is 12.0. The molecule has 3 heterocycles. The molecule has 162 valence electrons. The van der Waals surface area contributed by atoms with E-state index in [1.807, 2.05) is 12.1 Å². The van der Waals surface area contributed by atoms with Gasteiger partial charge in [0.15, 0.2) is 5.43 Å². The van der Waals surface area contributed by atoms with Crippen LogP contribution in [0.4, 0.5) is 5.69 Å². The molecule has 0 amide bonds. The van der Waals surface area contributed by atoms with Crippen molar-refractivity contribution in [2.45, 2.75) is 6.61 Å². The molecule has 0 radical (unpaired) electrons. The summed E-state index contributed by atoms with van der Waals surface area (Å²) in [7, 11) is 0. The van der Waals surface area contributed by atoms with Gasteiger partial charge in [-0.15, -0.1) is 0 Å². The molecule has 0 saturated carbocycles. The van der Waals surface area contributed by atoms with E-state index in [1.165, 1.54) is 30.0 Å². The average molecular weight is 439 g/mol. The molecule has 0 fully saturated rings. The predicted octanol–water partition coefficient (Wildman–Crippen LogP) is 5.36. The van der Waals surface area contributed by atoms with E-state index in [2.05, 4.69) is 22.1 Å². The number of hydrogen-bond acceptors (Lipinski definition) is 6. The molecule has 8 heteroatoms. The fraction of sp³-hybridized carbons (Fsp3) is 0.0400. The van der Waals surface area contributed by atoms with Crippen molar-refractivity contribution in [3.05, 3.63) is 111 Å². The van der Waals surface area contributed by atoms with Gasteiger partial charge in [0.2, 0.25) is 5.75 Å². The van der Waals surface area contributed by atoms with Gasteiger partial charge in [0, 0.05) is 35.3 Å². The third-order valence-electron chi connectivity index (χ3n) is 5.19. The summed E-state index contributed by atoms with van der Waals surface area (Å²) < 4.78 is 11.0. The van der Waals surface area contributed by atoms with Crippen LogP contribution in [0.1, 0.15) is 5.56 Å². The number of nitro groups is 1. The molecule has 6 rings (SSSR count). The number of H-pyrrole nitrogens is 1. The van der Waals surface area contributed by atoms with Crippen LogP contribution in [0.5, 0.6) is 17.2 Å². The highest BCUT2D eigenvalue weighted by Gasteiger charge is 2.16. The third-order valence-corrected chi connectivity index (χ3v) is 5.19. The molecule has 1 aliphatic rings. The molecule has 1 N–H and O–H groups in total. The topological polar surface area (TPSA) is 107 Å². The summed E-state index contributed by atoms with van der Waals surface area (Å²) in [6.07, 6.45) is 3.10. The highest BCUT2D eigenvalue weighted by molar-refractivity contribution is 6.04. The molecule has 5 aromatic rings. The van der Waals surface area contributed by atoms with Gasteiger partial charge in [0.1, 0.15) is 18.1 Å². The second kappa shape index (κ2) is 8.43. The number of aromatic nitrogens is 2. The molecule has 0 aliphatic carbocycles. The first-order valence-corrected chi connectivity index (χ1v) is 10.1. The Bertz CT molecular complexity index is 1540. The van der Waals surface area contributed by atoms with E-state index in [9.17, 15) is 14.9 Å². The number of benzene rings is 3. The van der Waals surface area contributed by atoms with Gasteiger partial charge in [-0.05, 0) is 42.0 Å². The summed E-state index contributed by atoms with van der Waals surface area (Å²) in [6, 6.07) is 20.7. The summed E-state index contributed by atoms with van der Waals surface area (Å²) >= 11 is 0. The Morgan fingerprint density at radius 2 is 1.82 bits per heavy atom. The number of fused-ring (bicyclic) bond motifs is 5. The number of para-hydroxylation sites is 2. The fourth-order valence-corrected chi connectivity index (χ4v) is 3.63. The number of pyridine rings is 2. The average Bonchev–Trinajstić information content (AvgIpc) is 3.17. The highest BCUT2D eigenvalue weighted by atomic mass is 16.6. The molecule has 2 bridgehead atoms. The molecule has 2 aromatic heterocycles. The number of nitrogens with one attached hydrogen (secondary N) is 1. The lowest BCUT2D eigenvalue weighted by Gasteiger charge is -2.10. The van der Waals surface area contributed by atoms with Crippen LogP contribution >= 0.6 is 0 Å². The Morgan fingerprint density at radius 3 is 2.64 bits per heavy atom. The van der Waals surface area contributed by atoms with Crippen LogP contribution in [-0.4, -0.2) is 14.9 Å². The number of rotatable bonds is 3. The minimum Gasteiger partial charge on any atom is -0.489 e. The number of nitrogens with zero attached hydrogens (tertiary/aromatic N) is 2. The van der Waals surface area contributed by atoms with Crippen LogP contribution in [-0.2, 0) is 6.61 Å². The molecular weight excluding hydrogens is 422 g/mol. The summed E-state index contributed by atoms with van der Waals surface area (Å²) in [6.45, 7) is 0.766. The standard InChI is InChI=1S/C18H11N3O4.C7H6O/c22-14-7-9-19-17-11(14)5-6-12-15(8-10-20-18(12)17)25-16-4-2-1-3-13(16)21(23)24;1-2-6-4-7(3-1)8-5-6/h1-10H,(H,19,22);1-4H,5H2. The molecule has 0 spiro atoms. The summed E-state index contributed by atoms with van der Waals surface area (Å²) in [5.41, 5.74) is 2.20. The molecule has 0 unspecified atom stereocenters. The van der Waals surface area contributed by atoms with E-state index in [-0.39, 0.29) is 16.9 Å². The second-order valence-electron chi connectivity index (χ2n) is 7.30. The Labute approximate surface area is 187 Å². The lowest BCUT2D eigenvalue weighted by atomic mass is 10.1. The molecule has 3 aromatic carbocycles. The van der Waals surface area contributed by atoms with Gasteiger partial charge in [-0.3, -0.25) is 19.9 Å². The summed E-state index contributed by atoms with van der Waals surface area (Å²) in [5.74, 6) is 1.56. The van der Waals surface area contributed by atoms with E-state index in [0.29, 0.717) is 27.6 Å². The number of hydrogen-bond donors (Lipinski definition) is 1. The summed E-state index contributed by atoms with van der Waals surface area (Å²) in [5, 5.41) is 12.3. The first-order valence-electron chi connectivity index (χ1n) is 10.1. The maximum atomic E-state index is 12.0. The van der Waals surface area contributed by atoms with Crippen molar-refractivity contribution in [1.82, 2.24) is 9.97 Å². The van der Waals surface area contributed by atoms with Crippen molar-refractivity contribution in [3.8, 4) is 17.2 Å². The van der Waals surface area contributed by atoms with Crippen molar-refractivity contribution >= 4 is 27.5 Å². The first kappa shape index (κ1) is 20.2. The summed E-state index contributed by atoms with van der Waals surface area (Å²) in [4.78, 5) is 30.0. The van der Waals surface area contributed by atoms with Crippen molar-refractivity contribution in [1.29, 1.82) is 0 Å². The smallest absolute Gasteiger partial charge is 0.311 e. The maximum Gasteiger partial charge on any atom is 0.311 e. The molecule has 0 saturated heterocycles. The largest absolute Gasteiger partial charge is 0.489 e. The molecule has 0 atom stereocenters. The molecule has 33 heavy (non-hydrogen) atoms. The van der Waals surface area contributed by atoms with Crippen molar-refractivity contribution in [2.24, 2.45) is 0 Å². The fourth-order valence-electron chi connectivity index (χ4n) is 3.63. The van der Waals surface area contributed by atoms with E-state index >= 15 is 0 Å². The SMILES string of the molecule is O=c1cc[nH]c2c1ccc1c(Oc3ccccc3[N+](=O)[O-])ccnc12.c1cc2cc(c1)OC2. The molecule has 8 nitrogen and oxygen atoms in total. The van der Waals surface area contributed by atoms with Gasteiger partial charge in [-0.1, -0.05) is 24.3 Å². The third kappa shape index (κ3) is 3.97. The lowest BCUT2D eigenvalue weighted by Crippen LogP contribution is -2.01. The second-order valence-corrected chi connectivity index (χ2v) is 7.30. The van der Waals surface area contributed by atoms with Gasteiger partial charge >= 0.3 is 5.69 Å². The quantitative estimate of drug-likeness (QED) is 0.230. The van der Waals surface area contributed by atoms with E-state index in [0.717, 1.165) is 12.4 Å². The van der Waals surface area contributed by atoms with Crippen LogP contribution in [0.3, 0.4) is 0 Å². The van der Waals surface area contributed by atoms with Crippen LogP contribution in [0.25, 0.3) is 21.8 Å². The Morgan fingerprint density at radius 1 is 0.970 bits per heavy atom. The zero-order valence-corrected chi connectivity index (χ0v) is 17.2. The highest BCUT2D eigenvalue weighted by Crippen LogP contribution is 2.35. The lowest BCUT2D eigenvalue weighted by molar-refractivity contribution is -0.385.